The molecule has 1 aromatic rings. The van der Waals surface area contributed by atoms with Gasteiger partial charge in [0.15, 0.2) is 0 Å². The molecule has 0 saturated carbocycles. The van der Waals surface area contributed by atoms with Gasteiger partial charge < -0.3 is 15.3 Å². The Kier molecular flexibility index (Phi) is 7.30. The first-order chi connectivity index (χ1) is 9.40. The topological polar surface area (TPSA) is 52.6 Å². The molecule has 1 amide bonds. The average molecular weight is 319 g/mol. The molecule has 0 fully saturated rings. The highest BCUT2D eigenvalue weighted by Crippen LogP contribution is 2.26. The summed E-state index contributed by atoms with van der Waals surface area (Å²) in [5.41, 5.74) is 0.671. The number of nitrogens with one attached hydrogen (secondary N) is 1. The van der Waals surface area contributed by atoms with E-state index in [9.17, 15) is 9.90 Å². The van der Waals surface area contributed by atoms with Crippen LogP contribution in [0, 0.1) is 0 Å². The van der Waals surface area contributed by atoms with Crippen LogP contribution in [0.4, 0.5) is 0 Å². The molecule has 0 aliphatic rings. The third-order valence-corrected chi connectivity index (χ3v) is 3.46. The zero-order valence-corrected chi connectivity index (χ0v) is 13.2. The fraction of sp³-hybridized carbons (Fsp3) is 0.500. The van der Waals surface area contributed by atoms with E-state index in [4.69, 9.17) is 23.2 Å². The summed E-state index contributed by atoms with van der Waals surface area (Å²) in [6, 6.07) is 5.07. The van der Waals surface area contributed by atoms with Crippen LogP contribution < -0.4 is 5.32 Å². The van der Waals surface area contributed by atoms with Crippen LogP contribution >= 0.6 is 23.2 Å². The van der Waals surface area contributed by atoms with Gasteiger partial charge in [0.2, 0.25) is 5.91 Å². The van der Waals surface area contributed by atoms with E-state index in [0.717, 1.165) is 13.0 Å². The maximum Gasteiger partial charge on any atom is 0.216 e. The number of benzene rings is 1. The Morgan fingerprint density at radius 2 is 2.15 bits per heavy atom. The van der Waals surface area contributed by atoms with Crippen LogP contribution in [0.2, 0.25) is 10.0 Å². The molecule has 1 atom stereocenters. The lowest BCUT2D eigenvalue weighted by molar-refractivity contribution is -0.118. The van der Waals surface area contributed by atoms with Crippen molar-refractivity contribution in [3.8, 4) is 0 Å². The monoisotopic (exact) mass is 318 g/mol. The molecule has 2 N–H and O–H groups in total. The van der Waals surface area contributed by atoms with E-state index >= 15 is 0 Å². The maximum absolute atomic E-state index is 10.7. The molecular weight excluding hydrogens is 299 g/mol. The predicted molar refractivity (Wildman–Crippen MR) is 82.2 cm³/mol. The van der Waals surface area contributed by atoms with Gasteiger partial charge in [-0.25, -0.2) is 0 Å². The number of aliphatic hydroxyl groups excluding tert-OH is 1. The van der Waals surface area contributed by atoms with Gasteiger partial charge in [-0.15, -0.1) is 0 Å². The van der Waals surface area contributed by atoms with E-state index in [1.165, 1.54) is 6.92 Å². The van der Waals surface area contributed by atoms with Crippen molar-refractivity contribution in [3.63, 3.8) is 0 Å². The van der Waals surface area contributed by atoms with E-state index in [2.05, 4.69) is 5.32 Å². The number of hydrogen-bond acceptors (Lipinski definition) is 3. The first kappa shape index (κ1) is 17.2. The Hall–Kier alpha value is -0.810. The third kappa shape index (κ3) is 6.09. The van der Waals surface area contributed by atoms with Gasteiger partial charge >= 0.3 is 0 Å². The quantitative estimate of drug-likeness (QED) is 0.759. The smallest absolute Gasteiger partial charge is 0.216 e. The largest absolute Gasteiger partial charge is 0.387 e. The molecule has 0 aliphatic heterocycles. The van der Waals surface area contributed by atoms with Crippen LogP contribution in [-0.2, 0) is 4.79 Å². The summed E-state index contributed by atoms with van der Waals surface area (Å²) in [6.45, 7) is 3.39. The van der Waals surface area contributed by atoms with Crippen molar-refractivity contribution >= 4 is 29.1 Å². The van der Waals surface area contributed by atoms with Gasteiger partial charge in [-0.2, -0.15) is 0 Å². The number of rotatable bonds is 7. The van der Waals surface area contributed by atoms with E-state index in [1.807, 2.05) is 11.9 Å². The standard InChI is InChI=1S/C14H20Cl2N2O2/c1-10(19)17-6-3-7-18(2)9-14(20)12-5-4-11(15)8-13(12)16/h4-5,8,14,20H,3,6-7,9H2,1-2H3,(H,17,19). The van der Waals surface area contributed by atoms with Gasteiger partial charge in [-0.3, -0.25) is 4.79 Å². The first-order valence-corrected chi connectivity index (χ1v) is 7.21. The summed E-state index contributed by atoms with van der Waals surface area (Å²) in [5, 5.41) is 13.9. The Morgan fingerprint density at radius 3 is 2.75 bits per heavy atom. The molecular formula is C14H20Cl2N2O2. The molecule has 0 saturated heterocycles. The first-order valence-electron chi connectivity index (χ1n) is 6.46. The Bertz CT molecular complexity index is 455. The molecule has 6 heteroatoms. The molecule has 1 aromatic carbocycles. The maximum atomic E-state index is 10.7. The Morgan fingerprint density at radius 1 is 1.45 bits per heavy atom. The van der Waals surface area contributed by atoms with Gasteiger partial charge in [0.25, 0.3) is 0 Å². The normalized spacial score (nSPS) is 12.5. The highest BCUT2D eigenvalue weighted by atomic mass is 35.5. The molecule has 4 nitrogen and oxygen atoms in total. The van der Waals surface area contributed by atoms with Crippen molar-refractivity contribution in [3.05, 3.63) is 33.8 Å². The van der Waals surface area contributed by atoms with Gasteiger partial charge in [0, 0.05) is 35.6 Å². The number of carbonyl (C=O) groups is 1. The lowest BCUT2D eigenvalue weighted by Gasteiger charge is -2.21. The van der Waals surface area contributed by atoms with Crippen LogP contribution in [0.25, 0.3) is 0 Å². The zero-order chi connectivity index (χ0) is 15.1. The van der Waals surface area contributed by atoms with Gasteiger partial charge in [0.05, 0.1) is 6.10 Å². The third-order valence-electron chi connectivity index (χ3n) is 2.90. The minimum absolute atomic E-state index is 0.0272. The lowest BCUT2D eigenvalue weighted by Crippen LogP contribution is -2.29. The van der Waals surface area contributed by atoms with Gasteiger partial charge in [-0.05, 0) is 32.1 Å². The Labute approximate surface area is 129 Å². The molecule has 0 bridgehead atoms. The summed E-state index contributed by atoms with van der Waals surface area (Å²) >= 11 is 11.9. The molecule has 1 rings (SSSR count). The van der Waals surface area contributed by atoms with Gasteiger partial charge in [0.1, 0.15) is 0 Å². The number of hydrogen-bond donors (Lipinski definition) is 2. The molecule has 112 valence electrons. The molecule has 0 heterocycles. The van der Waals surface area contributed by atoms with Crippen molar-refractivity contribution in [2.45, 2.75) is 19.4 Å². The number of nitrogens with zero attached hydrogens (tertiary/aromatic N) is 1. The summed E-state index contributed by atoms with van der Waals surface area (Å²) in [6.07, 6.45) is 0.169. The second kappa shape index (κ2) is 8.47. The minimum Gasteiger partial charge on any atom is -0.387 e. The fourth-order valence-corrected chi connectivity index (χ4v) is 2.40. The highest BCUT2D eigenvalue weighted by Gasteiger charge is 2.14. The summed E-state index contributed by atoms with van der Waals surface area (Å²) in [7, 11) is 1.92. The van der Waals surface area contributed by atoms with Crippen molar-refractivity contribution in [1.82, 2.24) is 10.2 Å². The second-order valence-corrected chi connectivity index (χ2v) is 5.62. The highest BCUT2D eigenvalue weighted by molar-refractivity contribution is 6.35. The van der Waals surface area contributed by atoms with E-state index < -0.39 is 6.10 Å². The van der Waals surface area contributed by atoms with Crippen LogP contribution in [0.5, 0.6) is 0 Å². The predicted octanol–water partition coefficient (Wildman–Crippen LogP) is 2.48. The van der Waals surface area contributed by atoms with Crippen molar-refractivity contribution in [2.24, 2.45) is 0 Å². The number of aliphatic hydroxyl groups is 1. The van der Waals surface area contributed by atoms with Crippen molar-refractivity contribution < 1.29 is 9.90 Å². The molecule has 20 heavy (non-hydrogen) atoms. The molecule has 0 spiro atoms. The number of halogens is 2. The average Bonchev–Trinajstić information content (AvgIpc) is 2.34. The Balaban J connectivity index is 2.40. The molecule has 1 unspecified atom stereocenters. The molecule has 0 aromatic heterocycles. The lowest BCUT2D eigenvalue weighted by atomic mass is 10.1. The van der Waals surface area contributed by atoms with E-state index in [0.29, 0.717) is 28.7 Å². The minimum atomic E-state index is -0.662. The van der Waals surface area contributed by atoms with Crippen molar-refractivity contribution in [1.29, 1.82) is 0 Å². The van der Waals surface area contributed by atoms with Gasteiger partial charge in [-0.1, -0.05) is 29.3 Å². The zero-order valence-electron chi connectivity index (χ0n) is 11.7. The van der Waals surface area contributed by atoms with Crippen molar-refractivity contribution in [2.75, 3.05) is 26.7 Å². The van der Waals surface area contributed by atoms with E-state index in [1.54, 1.807) is 18.2 Å². The molecule has 0 radical (unpaired) electrons. The van der Waals surface area contributed by atoms with Crippen LogP contribution in [0.3, 0.4) is 0 Å². The summed E-state index contributed by atoms with van der Waals surface area (Å²) < 4.78 is 0. The SMILES string of the molecule is CC(=O)NCCCN(C)CC(O)c1ccc(Cl)cc1Cl. The number of amides is 1. The summed E-state index contributed by atoms with van der Waals surface area (Å²) in [4.78, 5) is 12.7. The van der Waals surface area contributed by atoms with E-state index in [-0.39, 0.29) is 5.91 Å². The summed E-state index contributed by atoms with van der Waals surface area (Å²) in [5.74, 6) is -0.0272. The number of likely N-dealkylation sites (N-methyl/N-ethyl adjacent to an activating group) is 1. The second-order valence-electron chi connectivity index (χ2n) is 4.78. The van der Waals surface area contributed by atoms with Crippen LogP contribution in [0.1, 0.15) is 25.0 Å². The molecule has 0 aliphatic carbocycles. The van der Waals surface area contributed by atoms with Crippen LogP contribution in [-0.4, -0.2) is 42.6 Å². The number of carbonyl (C=O) groups excluding carboxylic acids is 1. The fourth-order valence-electron chi connectivity index (χ4n) is 1.87. The van der Waals surface area contributed by atoms with Crippen LogP contribution in [0.15, 0.2) is 18.2 Å².